The highest BCUT2D eigenvalue weighted by molar-refractivity contribution is 5.95. The summed E-state index contributed by atoms with van der Waals surface area (Å²) in [4.78, 5) is 14.3. The maximum atomic E-state index is 14.2. The summed E-state index contributed by atoms with van der Waals surface area (Å²) in [5.41, 5.74) is 6.63. The van der Waals surface area contributed by atoms with Crippen molar-refractivity contribution < 1.29 is 9.18 Å². The van der Waals surface area contributed by atoms with Crippen molar-refractivity contribution in [2.45, 2.75) is 34.6 Å². The molecular formula is C16H25FN2O. The molecule has 0 aliphatic rings. The number of aryl methyl sites for hydroxylation is 1. The molecule has 0 unspecified atom stereocenters. The average molecular weight is 280 g/mol. The van der Waals surface area contributed by atoms with Crippen LogP contribution in [0.4, 0.5) is 10.1 Å². The molecule has 0 heterocycles. The number of anilines is 1. The number of nitrogens with two attached hydrogens (primary N) is 1. The van der Waals surface area contributed by atoms with Crippen molar-refractivity contribution in [3.63, 3.8) is 0 Å². The number of hydrogen-bond donors (Lipinski definition) is 1. The van der Waals surface area contributed by atoms with E-state index in [1.54, 1.807) is 17.9 Å². The van der Waals surface area contributed by atoms with Crippen LogP contribution in [-0.4, -0.2) is 23.9 Å². The van der Waals surface area contributed by atoms with Gasteiger partial charge in [-0.2, -0.15) is 0 Å². The molecule has 0 spiro atoms. The number of nitrogens with zero attached hydrogens (tertiary/aromatic N) is 1. The van der Waals surface area contributed by atoms with Crippen molar-refractivity contribution in [2.24, 2.45) is 11.8 Å². The minimum atomic E-state index is -0.471. The number of nitrogen functional groups attached to an aromatic ring is 1. The van der Waals surface area contributed by atoms with Crippen LogP contribution in [-0.2, 0) is 0 Å². The van der Waals surface area contributed by atoms with Gasteiger partial charge in [0.25, 0.3) is 5.91 Å². The normalized spacial score (nSPS) is 11.2. The zero-order valence-electron chi connectivity index (χ0n) is 13.0. The second kappa shape index (κ2) is 6.73. The van der Waals surface area contributed by atoms with E-state index in [1.165, 1.54) is 6.07 Å². The second-order valence-corrected chi connectivity index (χ2v) is 6.20. The van der Waals surface area contributed by atoms with Gasteiger partial charge in [-0.3, -0.25) is 4.79 Å². The van der Waals surface area contributed by atoms with Crippen molar-refractivity contribution >= 4 is 11.6 Å². The van der Waals surface area contributed by atoms with E-state index in [0.29, 0.717) is 36.2 Å². The Bertz CT molecular complexity index is 474. The van der Waals surface area contributed by atoms with Crippen LogP contribution in [0.25, 0.3) is 0 Å². The summed E-state index contributed by atoms with van der Waals surface area (Å²) < 4.78 is 14.2. The van der Waals surface area contributed by atoms with Gasteiger partial charge in [-0.25, -0.2) is 4.39 Å². The SMILES string of the molecule is Cc1cc(N)cc(C(=O)N(CC(C)C)CC(C)C)c1F. The molecule has 0 aliphatic heterocycles. The average Bonchev–Trinajstić information content (AvgIpc) is 2.30. The van der Waals surface area contributed by atoms with Crippen molar-refractivity contribution in [1.82, 2.24) is 4.90 Å². The molecule has 20 heavy (non-hydrogen) atoms. The molecule has 0 saturated carbocycles. The number of carbonyl (C=O) groups excluding carboxylic acids is 1. The van der Waals surface area contributed by atoms with E-state index < -0.39 is 5.82 Å². The predicted molar refractivity (Wildman–Crippen MR) is 81.1 cm³/mol. The number of benzene rings is 1. The Labute approximate surface area is 121 Å². The fourth-order valence-electron chi connectivity index (χ4n) is 2.25. The molecular weight excluding hydrogens is 255 g/mol. The quantitative estimate of drug-likeness (QED) is 0.839. The lowest BCUT2D eigenvalue weighted by Crippen LogP contribution is -2.37. The van der Waals surface area contributed by atoms with Crippen molar-refractivity contribution in [3.05, 3.63) is 29.1 Å². The van der Waals surface area contributed by atoms with Crippen LogP contribution >= 0.6 is 0 Å². The number of hydrogen-bond acceptors (Lipinski definition) is 2. The van der Waals surface area contributed by atoms with Crippen LogP contribution < -0.4 is 5.73 Å². The van der Waals surface area contributed by atoms with Crippen molar-refractivity contribution in [3.8, 4) is 0 Å². The summed E-state index contributed by atoms with van der Waals surface area (Å²) in [6.45, 7) is 11.0. The van der Waals surface area contributed by atoms with E-state index >= 15 is 0 Å². The van der Waals surface area contributed by atoms with E-state index in [1.807, 2.05) is 27.7 Å². The van der Waals surface area contributed by atoms with Gasteiger partial charge in [-0.05, 0) is 36.5 Å². The molecule has 1 aromatic rings. The molecule has 1 amide bonds. The maximum absolute atomic E-state index is 14.2. The van der Waals surface area contributed by atoms with Gasteiger partial charge in [-0.15, -0.1) is 0 Å². The van der Waals surface area contributed by atoms with Crippen LogP contribution in [0.15, 0.2) is 12.1 Å². The maximum Gasteiger partial charge on any atom is 0.256 e. The molecule has 0 aliphatic carbocycles. The molecule has 3 nitrogen and oxygen atoms in total. The molecule has 1 aromatic carbocycles. The zero-order chi connectivity index (χ0) is 15.4. The molecule has 0 atom stereocenters. The first-order chi connectivity index (χ1) is 9.22. The largest absolute Gasteiger partial charge is 0.399 e. The Balaban J connectivity index is 3.11. The lowest BCUT2D eigenvalue weighted by atomic mass is 10.1. The van der Waals surface area contributed by atoms with Gasteiger partial charge in [0.2, 0.25) is 0 Å². The minimum Gasteiger partial charge on any atom is -0.399 e. The topological polar surface area (TPSA) is 46.3 Å². The fourth-order valence-corrected chi connectivity index (χ4v) is 2.25. The van der Waals surface area contributed by atoms with E-state index in [4.69, 9.17) is 5.73 Å². The fraction of sp³-hybridized carbons (Fsp3) is 0.562. The summed E-state index contributed by atoms with van der Waals surface area (Å²) in [7, 11) is 0. The number of carbonyl (C=O) groups is 1. The lowest BCUT2D eigenvalue weighted by molar-refractivity contribution is 0.0710. The second-order valence-electron chi connectivity index (χ2n) is 6.20. The summed E-state index contributed by atoms with van der Waals surface area (Å²) in [6.07, 6.45) is 0. The first-order valence-corrected chi connectivity index (χ1v) is 7.07. The van der Waals surface area contributed by atoms with Crippen LogP contribution in [0.2, 0.25) is 0 Å². The van der Waals surface area contributed by atoms with Crippen LogP contribution in [0.3, 0.4) is 0 Å². The predicted octanol–water partition coefficient (Wildman–Crippen LogP) is 3.47. The third kappa shape index (κ3) is 4.22. The summed E-state index contributed by atoms with van der Waals surface area (Å²) in [6, 6.07) is 2.97. The first kappa shape index (κ1) is 16.5. The molecule has 0 bridgehead atoms. The standard InChI is InChI=1S/C16H25FN2O/c1-10(2)8-19(9-11(3)4)16(20)14-7-13(18)6-12(5)15(14)17/h6-7,10-11H,8-9,18H2,1-5H3. The molecule has 112 valence electrons. The van der Waals surface area contributed by atoms with Crippen LogP contribution in [0, 0.1) is 24.6 Å². The summed E-state index contributed by atoms with van der Waals surface area (Å²) in [5.74, 6) is -0.0761. The summed E-state index contributed by atoms with van der Waals surface area (Å²) in [5, 5.41) is 0. The number of halogens is 1. The van der Waals surface area contributed by atoms with Gasteiger partial charge in [0, 0.05) is 18.8 Å². The number of amides is 1. The van der Waals surface area contributed by atoms with Gasteiger partial charge in [0.1, 0.15) is 5.82 Å². The molecule has 2 N–H and O–H groups in total. The van der Waals surface area contributed by atoms with Gasteiger partial charge >= 0.3 is 0 Å². The van der Waals surface area contributed by atoms with E-state index in [9.17, 15) is 9.18 Å². The van der Waals surface area contributed by atoms with Gasteiger partial charge < -0.3 is 10.6 Å². The van der Waals surface area contributed by atoms with E-state index in [0.717, 1.165) is 0 Å². The molecule has 0 radical (unpaired) electrons. The zero-order valence-corrected chi connectivity index (χ0v) is 13.0. The third-order valence-corrected chi connectivity index (χ3v) is 2.97. The molecule has 0 saturated heterocycles. The Kier molecular flexibility index (Phi) is 5.54. The lowest BCUT2D eigenvalue weighted by Gasteiger charge is -2.27. The highest BCUT2D eigenvalue weighted by Crippen LogP contribution is 2.20. The smallest absolute Gasteiger partial charge is 0.256 e. The molecule has 0 aromatic heterocycles. The van der Waals surface area contributed by atoms with Crippen LogP contribution in [0.1, 0.15) is 43.6 Å². The van der Waals surface area contributed by atoms with Gasteiger partial charge in [-0.1, -0.05) is 27.7 Å². The van der Waals surface area contributed by atoms with E-state index in [2.05, 4.69) is 0 Å². The Morgan fingerprint density at radius 2 is 1.70 bits per heavy atom. The summed E-state index contributed by atoms with van der Waals surface area (Å²) >= 11 is 0. The number of rotatable bonds is 5. The highest BCUT2D eigenvalue weighted by atomic mass is 19.1. The Hall–Kier alpha value is -1.58. The van der Waals surface area contributed by atoms with Crippen molar-refractivity contribution in [2.75, 3.05) is 18.8 Å². The monoisotopic (exact) mass is 280 g/mol. The van der Waals surface area contributed by atoms with Crippen molar-refractivity contribution in [1.29, 1.82) is 0 Å². The molecule has 4 heteroatoms. The third-order valence-electron chi connectivity index (χ3n) is 2.97. The van der Waals surface area contributed by atoms with Gasteiger partial charge in [0.15, 0.2) is 0 Å². The first-order valence-electron chi connectivity index (χ1n) is 7.07. The Morgan fingerprint density at radius 3 is 2.15 bits per heavy atom. The minimum absolute atomic E-state index is 0.0730. The Morgan fingerprint density at radius 1 is 1.20 bits per heavy atom. The molecule has 0 fully saturated rings. The van der Waals surface area contributed by atoms with E-state index in [-0.39, 0.29) is 11.5 Å². The van der Waals surface area contributed by atoms with Crippen LogP contribution in [0.5, 0.6) is 0 Å². The van der Waals surface area contributed by atoms with Gasteiger partial charge in [0.05, 0.1) is 5.56 Å². The highest BCUT2D eigenvalue weighted by Gasteiger charge is 2.22. The molecule has 1 rings (SSSR count).